The Balaban J connectivity index is 2.01. The van der Waals surface area contributed by atoms with Crippen molar-refractivity contribution in [1.29, 1.82) is 0 Å². The molecule has 0 bridgehead atoms. The zero-order valence-corrected chi connectivity index (χ0v) is 11.3. The summed E-state index contributed by atoms with van der Waals surface area (Å²) in [4.78, 5) is 12.0. The van der Waals surface area contributed by atoms with Crippen molar-refractivity contribution in [3.8, 4) is 0 Å². The van der Waals surface area contributed by atoms with E-state index >= 15 is 0 Å². The molecule has 0 spiro atoms. The van der Waals surface area contributed by atoms with Crippen molar-refractivity contribution in [2.24, 2.45) is 0 Å². The molecule has 5 heteroatoms. The van der Waals surface area contributed by atoms with Gasteiger partial charge in [-0.1, -0.05) is 15.9 Å². The van der Waals surface area contributed by atoms with Crippen molar-refractivity contribution in [3.63, 3.8) is 0 Å². The van der Waals surface area contributed by atoms with E-state index in [1.54, 1.807) is 0 Å². The van der Waals surface area contributed by atoms with Gasteiger partial charge < -0.3 is 4.74 Å². The van der Waals surface area contributed by atoms with Crippen LogP contribution in [0.15, 0.2) is 22.7 Å². The monoisotopic (exact) mass is 298 g/mol. The first kappa shape index (κ1) is 12.5. The Morgan fingerprint density at radius 1 is 1.41 bits per heavy atom. The number of hydrogen-bond acceptors (Lipinski definition) is 3. The van der Waals surface area contributed by atoms with Gasteiger partial charge in [0.2, 0.25) is 0 Å². The van der Waals surface area contributed by atoms with E-state index in [2.05, 4.69) is 21.4 Å². The minimum atomic E-state index is -0.0671. The minimum absolute atomic E-state index is 0.0671. The molecule has 0 atom stereocenters. The summed E-state index contributed by atoms with van der Waals surface area (Å²) in [5, 5.41) is 1.89. The number of rotatable bonds is 2. The van der Waals surface area contributed by atoms with Gasteiger partial charge in [0.05, 0.1) is 13.2 Å². The number of benzene rings is 1. The van der Waals surface area contributed by atoms with Crippen molar-refractivity contribution in [2.75, 3.05) is 26.3 Å². The number of nitrogens with one attached hydrogen (secondary N) is 1. The van der Waals surface area contributed by atoms with Gasteiger partial charge in [-0.15, -0.1) is 0 Å². The summed E-state index contributed by atoms with van der Waals surface area (Å²) in [6.45, 7) is 4.78. The number of amides is 1. The number of morpholine rings is 1. The summed E-state index contributed by atoms with van der Waals surface area (Å²) >= 11 is 3.42. The van der Waals surface area contributed by atoms with Gasteiger partial charge in [-0.05, 0) is 30.7 Å². The first-order valence-corrected chi connectivity index (χ1v) is 6.36. The number of aryl methyl sites for hydroxylation is 1. The number of hydrogen-bond donors (Lipinski definition) is 1. The summed E-state index contributed by atoms with van der Waals surface area (Å²) < 4.78 is 6.24. The third kappa shape index (κ3) is 3.28. The number of hydrazine groups is 1. The van der Waals surface area contributed by atoms with Crippen LogP contribution in [-0.4, -0.2) is 37.2 Å². The van der Waals surface area contributed by atoms with Crippen LogP contribution in [0.25, 0.3) is 0 Å². The third-order valence-electron chi connectivity index (χ3n) is 2.69. The lowest BCUT2D eigenvalue weighted by molar-refractivity contribution is 0.0126. The van der Waals surface area contributed by atoms with Crippen molar-refractivity contribution in [3.05, 3.63) is 33.8 Å². The van der Waals surface area contributed by atoms with E-state index in [0.29, 0.717) is 18.8 Å². The van der Waals surface area contributed by atoms with E-state index in [1.165, 1.54) is 0 Å². The highest BCUT2D eigenvalue weighted by Gasteiger charge is 2.14. The van der Waals surface area contributed by atoms with E-state index < -0.39 is 0 Å². The Bertz CT molecular complexity index is 417. The van der Waals surface area contributed by atoms with Crippen LogP contribution < -0.4 is 5.43 Å². The largest absolute Gasteiger partial charge is 0.379 e. The fourth-order valence-corrected chi connectivity index (χ4v) is 1.92. The molecule has 1 aromatic rings. The molecule has 1 N–H and O–H groups in total. The lowest BCUT2D eigenvalue weighted by Crippen LogP contribution is -2.48. The molecule has 2 rings (SSSR count). The van der Waals surface area contributed by atoms with E-state index in [4.69, 9.17) is 4.74 Å². The smallest absolute Gasteiger partial charge is 0.265 e. The highest BCUT2D eigenvalue weighted by Crippen LogP contribution is 2.17. The molecule has 1 heterocycles. The van der Waals surface area contributed by atoms with Crippen LogP contribution in [0.1, 0.15) is 15.9 Å². The SMILES string of the molecule is Cc1cc(C(=O)NN2CCOCC2)ccc1Br. The van der Waals surface area contributed by atoms with Gasteiger partial charge >= 0.3 is 0 Å². The molecule has 4 nitrogen and oxygen atoms in total. The summed E-state index contributed by atoms with van der Waals surface area (Å²) in [6, 6.07) is 5.58. The van der Waals surface area contributed by atoms with Crippen molar-refractivity contribution in [1.82, 2.24) is 10.4 Å². The van der Waals surface area contributed by atoms with Gasteiger partial charge in [-0.3, -0.25) is 10.2 Å². The Hall–Kier alpha value is -0.910. The Kier molecular flexibility index (Phi) is 4.15. The molecule has 1 amide bonds. The average molecular weight is 299 g/mol. The third-order valence-corrected chi connectivity index (χ3v) is 3.58. The number of nitrogens with zero attached hydrogens (tertiary/aromatic N) is 1. The molecule has 1 aliphatic heterocycles. The molecular formula is C12H15BrN2O2. The van der Waals surface area contributed by atoms with Crippen molar-refractivity contribution in [2.45, 2.75) is 6.92 Å². The normalized spacial score (nSPS) is 16.8. The molecule has 0 radical (unpaired) electrons. The van der Waals surface area contributed by atoms with Crippen LogP contribution in [0.2, 0.25) is 0 Å². The first-order valence-electron chi connectivity index (χ1n) is 5.56. The zero-order valence-electron chi connectivity index (χ0n) is 9.70. The maximum atomic E-state index is 12.0. The van der Waals surface area contributed by atoms with Gasteiger partial charge in [0.15, 0.2) is 0 Å². The second-order valence-electron chi connectivity index (χ2n) is 4.00. The molecule has 0 aliphatic carbocycles. The van der Waals surface area contributed by atoms with Crippen LogP contribution in [-0.2, 0) is 4.74 Å². The van der Waals surface area contributed by atoms with Gasteiger partial charge in [-0.25, -0.2) is 5.01 Å². The lowest BCUT2D eigenvalue weighted by Gasteiger charge is -2.26. The molecule has 1 fully saturated rings. The lowest BCUT2D eigenvalue weighted by atomic mass is 10.1. The number of carbonyl (C=O) groups excluding carboxylic acids is 1. The first-order chi connectivity index (χ1) is 8.16. The number of carbonyl (C=O) groups is 1. The molecule has 0 saturated carbocycles. The van der Waals surface area contributed by atoms with E-state index in [0.717, 1.165) is 23.1 Å². The van der Waals surface area contributed by atoms with E-state index in [9.17, 15) is 4.79 Å². The van der Waals surface area contributed by atoms with Crippen LogP contribution in [0.5, 0.6) is 0 Å². The van der Waals surface area contributed by atoms with Gasteiger partial charge in [0, 0.05) is 23.1 Å². The van der Waals surface area contributed by atoms with Crippen molar-refractivity contribution >= 4 is 21.8 Å². The van der Waals surface area contributed by atoms with Crippen molar-refractivity contribution < 1.29 is 9.53 Å². The minimum Gasteiger partial charge on any atom is -0.379 e. The van der Waals surface area contributed by atoms with Gasteiger partial charge in [0.25, 0.3) is 5.91 Å². The highest BCUT2D eigenvalue weighted by atomic mass is 79.9. The van der Waals surface area contributed by atoms with Gasteiger partial charge in [-0.2, -0.15) is 0 Å². The molecule has 1 saturated heterocycles. The Morgan fingerprint density at radius 3 is 2.76 bits per heavy atom. The molecule has 92 valence electrons. The summed E-state index contributed by atoms with van der Waals surface area (Å²) in [6.07, 6.45) is 0. The standard InChI is InChI=1S/C12H15BrN2O2/c1-9-8-10(2-3-11(9)13)12(16)14-15-4-6-17-7-5-15/h2-3,8H,4-7H2,1H3,(H,14,16). The fraction of sp³-hybridized carbons (Fsp3) is 0.417. The van der Waals surface area contributed by atoms with Crippen LogP contribution >= 0.6 is 15.9 Å². The van der Waals surface area contributed by atoms with Gasteiger partial charge in [0.1, 0.15) is 0 Å². The predicted molar refractivity (Wildman–Crippen MR) is 68.7 cm³/mol. The Morgan fingerprint density at radius 2 is 2.12 bits per heavy atom. The second kappa shape index (κ2) is 5.62. The van der Waals surface area contributed by atoms with Crippen LogP contribution in [0, 0.1) is 6.92 Å². The topological polar surface area (TPSA) is 41.6 Å². The maximum absolute atomic E-state index is 12.0. The van der Waals surface area contributed by atoms with E-state index in [-0.39, 0.29) is 5.91 Å². The summed E-state index contributed by atoms with van der Waals surface area (Å²) in [7, 11) is 0. The number of ether oxygens (including phenoxy) is 1. The molecule has 0 unspecified atom stereocenters. The molecule has 0 aromatic heterocycles. The Labute approximate surface area is 109 Å². The molecule has 1 aromatic carbocycles. The second-order valence-corrected chi connectivity index (χ2v) is 4.86. The fourth-order valence-electron chi connectivity index (χ4n) is 1.67. The predicted octanol–water partition coefficient (Wildman–Crippen LogP) is 1.73. The zero-order chi connectivity index (χ0) is 12.3. The van der Waals surface area contributed by atoms with Crippen LogP contribution in [0.3, 0.4) is 0 Å². The maximum Gasteiger partial charge on any atom is 0.265 e. The molecular weight excluding hydrogens is 284 g/mol. The quantitative estimate of drug-likeness (QED) is 0.904. The van der Waals surface area contributed by atoms with E-state index in [1.807, 2.05) is 30.1 Å². The molecule has 17 heavy (non-hydrogen) atoms. The highest BCUT2D eigenvalue weighted by molar-refractivity contribution is 9.10. The van der Waals surface area contributed by atoms with Crippen LogP contribution in [0.4, 0.5) is 0 Å². The summed E-state index contributed by atoms with van der Waals surface area (Å²) in [5.74, 6) is -0.0671. The molecule has 1 aliphatic rings. The summed E-state index contributed by atoms with van der Waals surface area (Å²) in [5.41, 5.74) is 4.61. The number of halogens is 1. The average Bonchev–Trinajstić information content (AvgIpc) is 2.34.